The van der Waals surface area contributed by atoms with Crippen molar-refractivity contribution in [2.24, 2.45) is 0 Å². The van der Waals surface area contributed by atoms with Gasteiger partial charge in [0.25, 0.3) is 0 Å². The van der Waals surface area contributed by atoms with Gasteiger partial charge >= 0.3 is 0 Å². The maximum Gasteiger partial charge on any atom is 0.175 e. The Bertz CT molecular complexity index is 1370. The number of benzene rings is 2. The van der Waals surface area contributed by atoms with Crippen LogP contribution in [0, 0.1) is 6.92 Å². The molecule has 0 spiro atoms. The largest absolute Gasteiger partial charge is 0.508 e. The number of aromatic hydroxyl groups is 2. The summed E-state index contributed by atoms with van der Waals surface area (Å²) in [4.78, 5) is 4.51. The minimum Gasteiger partial charge on any atom is -0.508 e. The van der Waals surface area contributed by atoms with Crippen molar-refractivity contribution in [3.05, 3.63) is 59.5 Å². The van der Waals surface area contributed by atoms with E-state index in [1.807, 2.05) is 25.1 Å². The van der Waals surface area contributed by atoms with E-state index in [0.29, 0.717) is 33.1 Å². The number of hydrogen-bond donors (Lipinski definition) is 2. The van der Waals surface area contributed by atoms with Crippen LogP contribution in [0.2, 0.25) is 5.02 Å². The molecule has 8 nitrogen and oxygen atoms in total. The van der Waals surface area contributed by atoms with Gasteiger partial charge in [-0.05, 0) is 36.8 Å². The van der Waals surface area contributed by atoms with Crippen molar-refractivity contribution in [1.29, 1.82) is 0 Å². The van der Waals surface area contributed by atoms with E-state index in [4.69, 9.17) is 11.6 Å². The summed E-state index contributed by atoms with van der Waals surface area (Å²) in [6, 6.07) is 9.97. The first-order valence-electron chi connectivity index (χ1n) is 8.39. The molecule has 9 heteroatoms. The molecule has 0 aliphatic rings. The number of phenols is 2. The van der Waals surface area contributed by atoms with Gasteiger partial charge in [0.15, 0.2) is 17.1 Å². The van der Waals surface area contributed by atoms with Crippen molar-refractivity contribution in [2.75, 3.05) is 0 Å². The van der Waals surface area contributed by atoms with E-state index in [-0.39, 0.29) is 11.5 Å². The topological polar surface area (TPSA) is 101 Å². The van der Waals surface area contributed by atoms with Crippen LogP contribution in [0.3, 0.4) is 0 Å². The molecule has 0 unspecified atom stereocenters. The van der Waals surface area contributed by atoms with Gasteiger partial charge in [0.1, 0.15) is 17.8 Å². The van der Waals surface area contributed by atoms with Crippen LogP contribution in [0.15, 0.2) is 48.9 Å². The smallest absolute Gasteiger partial charge is 0.175 e. The Balaban J connectivity index is 1.71. The van der Waals surface area contributed by atoms with Gasteiger partial charge in [0.2, 0.25) is 0 Å². The van der Waals surface area contributed by atoms with Crippen molar-refractivity contribution < 1.29 is 10.2 Å². The molecule has 0 saturated carbocycles. The molecule has 3 heterocycles. The first kappa shape index (κ1) is 16.5. The average Bonchev–Trinajstić information content (AvgIpc) is 3.28. The molecule has 0 atom stereocenters. The molecular formula is C19H13ClN6O2. The summed E-state index contributed by atoms with van der Waals surface area (Å²) < 4.78 is 3.36. The number of rotatable bonds is 2. The van der Waals surface area contributed by atoms with Gasteiger partial charge in [-0.2, -0.15) is 5.10 Å². The molecule has 2 N–H and O–H groups in total. The molecule has 0 radical (unpaired) electrons. The molecule has 0 bridgehead atoms. The van der Waals surface area contributed by atoms with Gasteiger partial charge in [-0.3, -0.25) is 4.40 Å². The molecular weight excluding hydrogens is 380 g/mol. The maximum atomic E-state index is 10.1. The van der Waals surface area contributed by atoms with Crippen LogP contribution in [0.5, 0.6) is 11.5 Å². The molecule has 2 aromatic carbocycles. The zero-order chi connectivity index (χ0) is 19.4. The standard InChI is InChI=1S/C19H13ClN6O2/c1-10-2-3-11(6-15(10)20)26-17-14(8-22-26)19-24-23-18(25(19)9-21-17)13-5-4-12(27)7-16(13)28/h2-9,27-28H,1H3. The molecule has 0 saturated heterocycles. The van der Waals surface area contributed by atoms with Crippen LogP contribution in [-0.2, 0) is 0 Å². The summed E-state index contributed by atoms with van der Waals surface area (Å²) in [6.07, 6.45) is 3.24. The van der Waals surface area contributed by atoms with Crippen molar-refractivity contribution >= 4 is 28.3 Å². The number of nitrogens with zero attached hydrogens (tertiary/aromatic N) is 6. The lowest BCUT2D eigenvalue weighted by Gasteiger charge is -2.06. The van der Waals surface area contributed by atoms with Crippen LogP contribution in [-0.4, -0.2) is 39.6 Å². The van der Waals surface area contributed by atoms with Crippen molar-refractivity contribution in [2.45, 2.75) is 6.92 Å². The Morgan fingerprint density at radius 1 is 1.00 bits per heavy atom. The number of hydrogen-bond acceptors (Lipinski definition) is 6. The van der Waals surface area contributed by atoms with Gasteiger partial charge in [-0.1, -0.05) is 17.7 Å². The Labute approximate surface area is 163 Å². The highest BCUT2D eigenvalue weighted by Gasteiger charge is 2.17. The second-order valence-electron chi connectivity index (χ2n) is 6.39. The lowest BCUT2D eigenvalue weighted by Crippen LogP contribution is -1.99. The van der Waals surface area contributed by atoms with E-state index in [0.717, 1.165) is 11.3 Å². The van der Waals surface area contributed by atoms with Crippen molar-refractivity contribution in [1.82, 2.24) is 29.4 Å². The highest BCUT2D eigenvalue weighted by atomic mass is 35.5. The minimum atomic E-state index is -0.0978. The summed E-state index contributed by atoms with van der Waals surface area (Å²) in [5.74, 6) is 0.279. The lowest BCUT2D eigenvalue weighted by molar-refractivity contribution is 0.451. The maximum absolute atomic E-state index is 10.1. The molecule has 0 aliphatic heterocycles. The molecule has 3 aromatic heterocycles. The predicted octanol–water partition coefficient (Wildman–Crippen LogP) is 3.50. The molecule has 28 heavy (non-hydrogen) atoms. The quantitative estimate of drug-likeness (QED) is 0.476. The SMILES string of the molecule is Cc1ccc(-n2ncc3c2ncn2c(-c4ccc(O)cc4O)nnc32)cc1Cl. The monoisotopic (exact) mass is 392 g/mol. The Morgan fingerprint density at radius 2 is 1.86 bits per heavy atom. The van der Waals surface area contributed by atoms with Crippen LogP contribution in [0.1, 0.15) is 5.56 Å². The van der Waals surface area contributed by atoms with E-state index < -0.39 is 0 Å². The Morgan fingerprint density at radius 3 is 2.64 bits per heavy atom. The fourth-order valence-corrected chi connectivity index (χ4v) is 3.29. The lowest BCUT2D eigenvalue weighted by atomic mass is 10.2. The fourth-order valence-electron chi connectivity index (χ4n) is 3.12. The third-order valence-electron chi connectivity index (χ3n) is 4.60. The molecule has 5 aromatic rings. The van der Waals surface area contributed by atoms with Crippen molar-refractivity contribution in [3.63, 3.8) is 0 Å². The third-order valence-corrected chi connectivity index (χ3v) is 5.01. The molecule has 138 valence electrons. The van der Waals surface area contributed by atoms with Crippen molar-refractivity contribution in [3.8, 4) is 28.6 Å². The summed E-state index contributed by atoms with van der Waals surface area (Å²) in [5.41, 5.74) is 3.37. The molecule has 0 aliphatic carbocycles. The Kier molecular flexibility index (Phi) is 3.50. The third kappa shape index (κ3) is 2.39. The first-order chi connectivity index (χ1) is 13.5. The zero-order valence-electron chi connectivity index (χ0n) is 14.6. The van der Waals surface area contributed by atoms with E-state index >= 15 is 0 Å². The summed E-state index contributed by atoms with van der Waals surface area (Å²) in [7, 11) is 0. The van der Waals surface area contributed by atoms with E-state index in [1.165, 1.54) is 12.1 Å². The van der Waals surface area contributed by atoms with Crippen LogP contribution >= 0.6 is 11.6 Å². The minimum absolute atomic E-state index is 0.0337. The van der Waals surface area contributed by atoms with Gasteiger partial charge < -0.3 is 10.2 Å². The van der Waals surface area contributed by atoms with Gasteiger partial charge in [0, 0.05) is 11.1 Å². The van der Waals surface area contributed by atoms with E-state index in [1.54, 1.807) is 27.7 Å². The molecule has 0 amide bonds. The summed E-state index contributed by atoms with van der Waals surface area (Å²) >= 11 is 6.24. The Hall–Kier alpha value is -3.65. The molecule has 5 rings (SSSR count). The number of aromatic nitrogens is 6. The van der Waals surface area contributed by atoms with Crippen LogP contribution in [0.4, 0.5) is 0 Å². The summed E-state index contributed by atoms with van der Waals surface area (Å²) in [5, 5.41) is 33.9. The number of aryl methyl sites for hydroxylation is 1. The second kappa shape index (κ2) is 5.93. The number of phenolic OH excluding ortho intramolecular Hbond substituents is 2. The highest BCUT2D eigenvalue weighted by molar-refractivity contribution is 6.31. The highest BCUT2D eigenvalue weighted by Crippen LogP contribution is 2.32. The van der Waals surface area contributed by atoms with Crippen LogP contribution in [0.25, 0.3) is 33.8 Å². The van der Waals surface area contributed by atoms with E-state index in [2.05, 4.69) is 20.3 Å². The average molecular weight is 393 g/mol. The van der Waals surface area contributed by atoms with Gasteiger partial charge in [-0.15, -0.1) is 10.2 Å². The zero-order valence-corrected chi connectivity index (χ0v) is 15.3. The molecule has 0 fully saturated rings. The first-order valence-corrected chi connectivity index (χ1v) is 8.77. The van der Waals surface area contributed by atoms with Gasteiger partial charge in [-0.25, -0.2) is 9.67 Å². The number of halogens is 1. The summed E-state index contributed by atoms with van der Waals surface area (Å²) in [6.45, 7) is 1.94. The van der Waals surface area contributed by atoms with E-state index in [9.17, 15) is 10.2 Å². The number of fused-ring (bicyclic) bond motifs is 3. The van der Waals surface area contributed by atoms with Gasteiger partial charge in [0.05, 0.1) is 22.8 Å². The normalized spacial score (nSPS) is 11.5. The van der Waals surface area contributed by atoms with Crippen LogP contribution < -0.4 is 0 Å². The second-order valence-corrected chi connectivity index (χ2v) is 6.80. The predicted molar refractivity (Wildman–Crippen MR) is 104 cm³/mol. The fraction of sp³-hybridized carbons (Fsp3) is 0.0526.